The van der Waals surface area contributed by atoms with E-state index in [0.29, 0.717) is 34.2 Å². The molecular formula is C22H24N4O2S2. The van der Waals surface area contributed by atoms with Gasteiger partial charge in [-0.05, 0) is 38.0 Å². The van der Waals surface area contributed by atoms with E-state index in [9.17, 15) is 9.59 Å². The number of thioether (sulfide) groups is 1. The molecule has 4 aromatic rings. The molecule has 30 heavy (non-hydrogen) atoms. The smallest absolute Gasteiger partial charge is 0.263 e. The fourth-order valence-electron chi connectivity index (χ4n) is 3.45. The van der Waals surface area contributed by atoms with E-state index in [1.807, 2.05) is 32.0 Å². The first-order chi connectivity index (χ1) is 14.4. The van der Waals surface area contributed by atoms with Crippen molar-refractivity contribution in [3.8, 4) is 0 Å². The van der Waals surface area contributed by atoms with Gasteiger partial charge in [-0.2, -0.15) is 0 Å². The zero-order valence-electron chi connectivity index (χ0n) is 17.6. The summed E-state index contributed by atoms with van der Waals surface area (Å²) in [7, 11) is 1.74. The zero-order chi connectivity index (χ0) is 21.4. The minimum atomic E-state index is -0.0625. The molecule has 8 heteroatoms. The maximum atomic E-state index is 13.2. The number of thiophene rings is 1. The molecule has 0 saturated carbocycles. The zero-order valence-corrected chi connectivity index (χ0v) is 19.2. The van der Waals surface area contributed by atoms with Gasteiger partial charge < -0.3 is 0 Å². The van der Waals surface area contributed by atoms with Gasteiger partial charge in [0.25, 0.3) is 11.1 Å². The van der Waals surface area contributed by atoms with Crippen LogP contribution in [0.1, 0.15) is 36.0 Å². The monoisotopic (exact) mass is 440 g/mol. The van der Waals surface area contributed by atoms with Crippen molar-refractivity contribution in [3.63, 3.8) is 0 Å². The number of para-hydroxylation sites is 1. The van der Waals surface area contributed by atoms with Crippen molar-refractivity contribution in [2.45, 2.75) is 51.1 Å². The number of aryl methyl sites for hydroxylation is 2. The first kappa shape index (κ1) is 20.8. The summed E-state index contributed by atoms with van der Waals surface area (Å²) >= 11 is 3.02. The van der Waals surface area contributed by atoms with Crippen LogP contribution in [0.15, 0.2) is 39.0 Å². The predicted molar refractivity (Wildman–Crippen MR) is 125 cm³/mol. The lowest BCUT2D eigenvalue weighted by Gasteiger charge is -2.13. The second kappa shape index (κ2) is 8.35. The number of aromatic nitrogens is 4. The number of unbranched alkanes of at least 4 members (excludes halogenated alkanes) is 1. The van der Waals surface area contributed by atoms with Crippen LogP contribution >= 0.6 is 23.1 Å². The van der Waals surface area contributed by atoms with Gasteiger partial charge in [0, 0.05) is 18.5 Å². The third kappa shape index (κ3) is 3.58. The Kier molecular flexibility index (Phi) is 5.79. The van der Waals surface area contributed by atoms with Crippen LogP contribution in [0.25, 0.3) is 21.1 Å². The van der Waals surface area contributed by atoms with Crippen LogP contribution in [0.3, 0.4) is 0 Å². The van der Waals surface area contributed by atoms with Gasteiger partial charge in [0.2, 0.25) is 0 Å². The Morgan fingerprint density at radius 1 is 1.10 bits per heavy atom. The summed E-state index contributed by atoms with van der Waals surface area (Å²) in [6.07, 6.45) is 1.91. The van der Waals surface area contributed by atoms with E-state index in [0.717, 1.165) is 33.5 Å². The number of hydrogen-bond donors (Lipinski definition) is 0. The highest BCUT2D eigenvalue weighted by Crippen LogP contribution is 2.29. The number of hydrogen-bond acceptors (Lipinski definition) is 6. The van der Waals surface area contributed by atoms with E-state index >= 15 is 0 Å². The summed E-state index contributed by atoms with van der Waals surface area (Å²) in [6.45, 7) is 6.76. The molecular weight excluding hydrogens is 416 g/mol. The predicted octanol–water partition coefficient (Wildman–Crippen LogP) is 4.41. The summed E-state index contributed by atoms with van der Waals surface area (Å²) in [5.74, 6) is 1.13. The lowest BCUT2D eigenvalue weighted by molar-refractivity contribution is 0.558. The van der Waals surface area contributed by atoms with Crippen molar-refractivity contribution in [2.75, 3.05) is 0 Å². The molecule has 3 heterocycles. The Morgan fingerprint density at radius 3 is 2.63 bits per heavy atom. The van der Waals surface area contributed by atoms with E-state index in [1.54, 1.807) is 33.6 Å². The SMILES string of the molecule is CCCCn1c(SCc2nc3ccccc3c(=O)n2C)nc2sc(C)c(C)c2c1=O. The lowest BCUT2D eigenvalue weighted by atomic mass is 10.2. The van der Waals surface area contributed by atoms with Crippen LogP contribution in [0.5, 0.6) is 0 Å². The Labute approximate surface area is 182 Å². The van der Waals surface area contributed by atoms with Gasteiger partial charge in [-0.3, -0.25) is 18.7 Å². The molecule has 0 unspecified atom stereocenters. The molecule has 0 bridgehead atoms. The van der Waals surface area contributed by atoms with Crippen LogP contribution in [-0.2, 0) is 19.3 Å². The molecule has 0 spiro atoms. The Morgan fingerprint density at radius 2 is 1.87 bits per heavy atom. The quantitative estimate of drug-likeness (QED) is 0.328. The second-order valence-corrected chi connectivity index (χ2v) is 9.51. The average Bonchev–Trinajstić information content (AvgIpc) is 3.02. The largest absolute Gasteiger partial charge is 0.299 e. The van der Waals surface area contributed by atoms with Crippen LogP contribution in [0.2, 0.25) is 0 Å². The summed E-state index contributed by atoms with van der Waals surface area (Å²) in [4.78, 5) is 37.3. The maximum absolute atomic E-state index is 13.2. The highest BCUT2D eigenvalue weighted by molar-refractivity contribution is 7.98. The molecule has 0 fully saturated rings. The Hall–Kier alpha value is -2.45. The van der Waals surface area contributed by atoms with Gasteiger partial charge in [-0.25, -0.2) is 9.97 Å². The minimum absolute atomic E-state index is 0.0261. The minimum Gasteiger partial charge on any atom is -0.299 e. The number of benzene rings is 1. The van der Waals surface area contributed by atoms with Gasteiger partial charge in [-0.15, -0.1) is 11.3 Å². The molecule has 0 saturated heterocycles. The Balaban J connectivity index is 1.77. The molecule has 0 aliphatic carbocycles. The number of nitrogens with zero attached hydrogens (tertiary/aromatic N) is 4. The first-order valence-corrected chi connectivity index (χ1v) is 11.8. The van der Waals surface area contributed by atoms with E-state index in [1.165, 1.54) is 11.8 Å². The van der Waals surface area contributed by atoms with E-state index in [-0.39, 0.29) is 11.1 Å². The lowest BCUT2D eigenvalue weighted by Crippen LogP contribution is -2.24. The summed E-state index contributed by atoms with van der Waals surface area (Å²) in [5, 5.41) is 2.02. The highest BCUT2D eigenvalue weighted by atomic mass is 32.2. The van der Waals surface area contributed by atoms with Crippen molar-refractivity contribution in [3.05, 3.63) is 61.2 Å². The fraction of sp³-hybridized carbons (Fsp3) is 0.364. The first-order valence-electron chi connectivity index (χ1n) is 10.00. The van der Waals surface area contributed by atoms with Gasteiger partial charge >= 0.3 is 0 Å². The van der Waals surface area contributed by atoms with Crippen molar-refractivity contribution in [2.24, 2.45) is 7.05 Å². The van der Waals surface area contributed by atoms with Gasteiger partial charge in [0.15, 0.2) is 5.16 Å². The molecule has 0 aliphatic heterocycles. The molecule has 1 aromatic carbocycles. The third-order valence-electron chi connectivity index (χ3n) is 5.40. The van der Waals surface area contributed by atoms with Crippen LogP contribution in [0.4, 0.5) is 0 Å². The molecule has 0 aliphatic rings. The molecule has 0 atom stereocenters. The second-order valence-electron chi connectivity index (χ2n) is 7.37. The topological polar surface area (TPSA) is 69.8 Å². The molecule has 0 radical (unpaired) electrons. The Bertz CT molecular complexity index is 1370. The van der Waals surface area contributed by atoms with Gasteiger partial charge in [0.05, 0.1) is 22.0 Å². The van der Waals surface area contributed by atoms with Crippen molar-refractivity contribution < 1.29 is 0 Å². The van der Waals surface area contributed by atoms with E-state index in [4.69, 9.17) is 4.98 Å². The highest BCUT2D eigenvalue weighted by Gasteiger charge is 2.17. The summed E-state index contributed by atoms with van der Waals surface area (Å²) in [5.41, 5.74) is 1.67. The molecule has 6 nitrogen and oxygen atoms in total. The van der Waals surface area contributed by atoms with Crippen molar-refractivity contribution in [1.29, 1.82) is 0 Å². The van der Waals surface area contributed by atoms with Gasteiger partial charge in [0.1, 0.15) is 10.7 Å². The van der Waals surface area contributed by atoms with Crippen molar-refractivity contribution >= 4 is 44.2 Å². The molecule has 0 N–H and O–H groups in total. The fourth-order valence-corrected chi connectivity index (χ4v) is 5.53. The molecule has 3 aromatic heterocycles. The van der Waals surface area contributed by atoms with Gasteiger partial charge in [-0.1, -0.05) is 37.2 Å². The number of rotatable bonds is 6. The average molecular weight is 441 g/mol. The van der Waals surface area contributed by atoms with Crippen LogP contribution in [-0.4, -0.2) is 19.1 Å². The molecule has 4 rings (SSSR count). The third-order valence-corrected chi connectivity index (χ3v) is 7.47. The van der Waals surface area contributed by atoms with Crippen molar-refractivity contribution in [1.82, 2.24) is 19.1 Å². The summed E-state index contributed by atoms with van der Waals surface area (Å²) < 4.78 is 3.37. The van der Waals surface area contributed by atoms with Crippen LogP contribution < -0.4 is 11.1 Å². The summed E-state index contributed by atoms with van der Waals surface area (Å²) in [6, 6.07) is 7.37. The van der Waals surface area contributed by atoms with Crippen LogP contribution in [0, 0.1) is 13.8 Å². The van der Waals surface area contributed by atoms with E-state index < -0.39 is 0 Å². The maximum Gasteiger partial charge on any atom is 0.263 e. The molecule has 0 amide bonds. The standard InChI is InChI=1S/C22H24N4O2S2/c1-5-6-11-26-21(28)18-13(2)14(3)30-19(18)24-22(26)29-12-17-23-16-10-8-7-9-15(16)20(27)25(17)4/h7-10H,5-6,11-12H2,1-4H3. The number of fused-ring (bicyclic) bond motifs is 2. The normalized spacial score (nSPS) is 11.6. The van der Waals surface area contributed by atoms with E-state index in [2.05, 4.69) is 11.9 Å². The molecule has 156 valence electrons.